The Labute approximate surface area is 420 Å². The molecule has 0 bridgehead atoms. The Hall–Kier alpha value is -6.13. The van der Waals surface area contributed by atoms with E-state index < -0.39 is 96.1 Å². The lowest BCUT2D eigenvalue weighted by atomic mass is 9.99. The van der Waals surface area contributed by atoms with E-state index in [1.807, 2.05) is 55.4 Å². The number of hydrogen-bond donors (Lipinski definition) is 0. The number of Topliss-reactive ketones (excluding diaryl/α,β-unsaturated/α-hetero) is 1. The number of rotatable bonds is 13. The summed E-state index contributed by atoms with van der Waals surface area (Å²) in [6.07, 6.45) is -5.97. The number of esters is 4. The summed E-state index contributed by atoms with van der Waals surface area (Å²) in [7, 11) is 5.48. The molecule has 0 aromatic heterocycles. The van der Waals surface area contributed by atoms with Gasteiger partial charge in [0.15, 0.2) is 30.2 Å². The summed E-state index contributed by atoms with van der Waals surface area (Å²) in [5, 5.41) is 0. The van der Waals surface area contributed by atoms with Crippen LogP contribution in [0.4, 0.5) is 0 Å². The molecule has 0 spiro atoms. The summed E-state index contributed by atoms with van der Waals surface area (Å²) < 4.78 is 23.8. The van der Waals surface area contributed by atoms with Crippen LogP contribution in [-0.4, -0.2) is 150 Å². The number of carbonyl (C=O) groups excluding carboxylic acids is 9. The average Bonchev–Trinajstić information content (AvgIpc) is 3.30. The fourth-order valence-electron chi connectivity index (χ4n) is 8.40. The molecule has 2 aromatic carbocycles. The van der Waals surface area contributed by atoms with Gasteiger partial charge in [-0.05, 0) is 81.3 Å². The Balaban J connectivity index is 2.27. The molecule has 1 aliphatic heterocycles. The van der Waals surface area contributed by atoms with E-state index in [0.29, 0.717) is 16.7 Å². The Morgan fingerprint density at radius 2 is 0.718 bits per heavy atom. The molecule has 2 aromatic rings. The molecule has 1 fully saturated rings. The van der Waals surface area contributed by atoms with Crippen molar-refractivity contribution < 1.29 is 62.1 Å². The van der Waals surface area contributed by atoms with E-state index in [4.69, 9.17) is 18.9 Å². The summed E-state index contributed by atoms with van der Waals surface area (Å²) in [6, 6.07) is 10.1. The first-order chi connectivity index (χ1) is 33.1. The second kappa shape index (κ2) is 26.9. The van der Waals surface area contributed by atoms with Gasteiger partial charge in [-0.25, -0.2) is 19.2 Å². The molecule has 8 atom stereocenters. The Bertz CT molecular complexity index is 2160. The van der Waals surface area contributed by atoms with E-state index >= 15 is 0 Å². The molecule has 3 rings (SSSR count). The topological polar surface area (TPSA) is 204 Å². The molecule has 0 aliphatic carbocycles. The number of benzene rings is 2. The summed E-state index contributed by atoms with van der Waals surface area (Å²) >= 11 is 0. The number of nitrogens with zero attached hydrogens (tertiary/aromatic N) is 4. The predicted octanol–water partition coefficient (Wildman–Crippen LogP) is 5.87. The number of ketones is 1. The van der Waals surface area contributed by atoms with E-state index in [1.54, 1.807) is 54.6 Å². The van der Waals surface area contributed by atoms with Crippen LogP contribution in [0, 0.1) is 23.7 Å². The lowest BCUT2D eigenvalue weighted by Gasteiger charge is -2.35. The maximum atomic E-state index is 14.8. The third-order valence-electron chi connectivity index (χ3n) is 12.5. The fourth-order valence-corrected chi connectivity index (χ4v) is 8.40. The number of cyclic esters (lactones) is 4. The first-order valence-electron chi connectivity index (χ1n) is 24.7. The fraction of sp³-hybridized carbons (Fsp3) is 0.611. The van der Waals surface area contributed by atoms with Crippen molar-refractivity contribution in [2.45, 2.75) is 163 Å². The highest BCUT2D eigenvalue weighted by molar-refractivity contribution is 5.95. The zero-order chi connectivity index (χ0) is 53.6. The molecule has 392 valence electrons. The summed E-state index contributed by atoms with van der Waals surface area (Å²) in [4.78, 5) is 132. The maximum absolute atomic E-state index is 14.8. The van der Waals surface area contributed by atoms with Gasteiger partial charge in [0, 0.05) is 46.6 Å². The summed E-state index contributed by atoms with van der Waals surface area (Å²) in [5.74, 6) is -7.68. The monoisotopic (exact) mass is 991 g/mol. The zero-order valence-electron chi connectivity index (χ0n) is 44.5. The molecule has 1 saturated heterocycles. The van der Waals surface area contributed by atoms with Crippen molar-refractivity contribution in [3.05, 3.63) is 71.3 Å². The van der Waals surface area contributed by atoms with Crippen LogP contribution in [0.3, 0.4) is 0 Å². The molecular formula is C54H78N4O13. The Morgan fingerprint density at radius 3 is 1.01 bits per heavy atom. The molecule has 1 aliphatic rings. The highest BCUT2D eigenvalue weighted by Gasteiger charge is 2.43. The normalized spacial score (nSPS) is 24.6. The van der Waals surface area contributed by atoms with Crippen molar-refractivity contribution in [2.75, 3.05) is 28.2 Å². The van der Waals surface area contributed by atoms with Gasteiger partial charge >= 0.3 is 23.9 Å². The lowest BCUT2D eigenvalue weighted by Crippen LogP contribution is -2.55. The summed E-state index contributed by atoms with van der Waals surface area (Å²) in [5.41, 5.74) is 1.57. The van der Waals surface area contributed by atoms with Gasteiger partial charge in [-0.3, -0.25) is 24.0 Å². The van der Waals surface area contributed by atoms with Crippen molar-refractivity contribution in [1.82, 2.24) is 19.6 Å². The largest absolute Gasteiger partial charge is 0.451 e. The van der Waals surface area contributed by atoms with Crippen LogP contribution < -0.4 is 0 Å². The van der Waals surface area contributed by atoms with E-state index in [9.17, 15) is 43.2 Å². The van der Waals surface area contributed by atoms with Crippen molar-refractivity contribution in [1.29, 1.82) is 0 Å². The van der Waals surface area contributed by atoms with Crippen LogP contribution in [0.5, 0.6) is 0 Å². The molecule has 17 nitrogen and oxygen atoms in total. The second-order valence-corrected chi connectivity index (χ2v) is 20.5. The van der Waals surface area contributed by atoms with Crippen molar-refractivity contribution in [3.8, 4) is 0 Å². The zero-order valence-corrected chi connectivity index (χ0v) is 44.5. The third-order valence-corrected chi connectivity index (χ3v) is 12.5. The van der Waals surface area contributed by atoms with Gasteiger partial charge in [-0.2, -0.15) is 0 Å². The highest BCUT2D eigenvalue weighted by Crippen LogP contribution is 2.24. The number of carbonyl (C=O) groups is 9. The van der Waals surface area contributed by atoms with Gasteiger partial charge in [0.05, 0.1) is 0 Å². The van der Waals surface area contributed by atoms with Gasteiger partial charge in [0.25, 0.3) is 23.6 Å². The van der Waals surface area contributed by atoms with Crippen molar-refractivity contribution in [3.63, 3.8) is 0 Å². The van der Waals surface area contributed by atoms with Crippen molar-refractivity contribution >= 4 is 53.3 Å². The minimum Gasteiger partial charge on any atom is -0.451 e. The maximum Gasteiger partial charge on any atom is 0.329 e. The van der Waals surface area contributed by atoms with Crippen LogP contribution in [0.15, 0.2) is 54.6 Å². The molecule has 1 heterocycles. The Morgan fingerprint density at radius 1 is 0.437 bits per heavy atom. The van der Waals surface area contributed by atoms with Crippen LogP contribution in [-0.2, 0) is 70.1 Å². The van der Waals surface area contributed by atoms with Crippen LogP contribution in [0.2, 0.25) is 0 Å². The van der Waals surface area contributed by atoms with Gasteiger partial charge in [-0.1, -0.05) is 110 Å². The van der Waals surface area contributed by atoms with Crippen molar-refractivity contribution in [2.24, 2.45) is 23.7 Å². The average molecular weight is 991 g/mol. The molecule has 0 saturated carbocycles. The SMILES string of the molecule is CC(=O)c1ccc(C[C@H]2OC(=O)[C@H](CC(C)C)N(C)C(=O)[C@@H](C)OC(=O)[C@H](CC(C)C)N(C)C(=O)[C@@H](Cc3ccccc3)OC(=O)[C@H](CC(C)C)N(C)C(=O)[C@@H](C)OC(=O)[C@H](CC(C)C)N(C)C2=O)cc1. The van der Waals surface area contributed by atoms with E-state index in [0.717, 1.165) is 19.6 Å². The Kier molecular flexibility index (Phi) is 22.4. The molecule has 4 amide bonds. The summed E-state index contributed by atoms with van der Waals surface area (Å²) in [6.45, 7) is 18.8. The van der Waals surface area contributed by atoms with Crippen LogP contribution in [0.1, 0.15) is 123 Å². The van der Waals surface area contributed by atoms with Crippen LogP contribution in [0.25, 0.3) is 0 Å². The molecular weight excluding hydrogens is 913 g/mol. The molecule has 0 N–H and O–H groups in total. The van der Waals surface area contributed by atoms with E-state index in [2.05, 4.69) is 0 Å². The first kappa shape index (κ1) is 59.2. The molecule has 0 unspecified atom stereocenters. The van der Waals surface area contributed by atoms with Gasteiger partial charge in [0.1, 0.15) is 24.2 Å². The quantitative estimate of drug-likeness (QED) is 0.131. The third kappa shape index (κ3) is 17.0. The molecule has 17 heteroatoms. The standard InChI is InChI=1S/C54H78N4O13/c1-31(2)25-41-51(64)68-37(11)48(61)56(13)44(28-34(7)8)54(67)71-46(30-39-21-23-40(24-22-39)35(9)59)50(63)58(15)42(26-32(3)4)52(65)69-36(10)47(60)55(12)43(27-33(5)6)53(66)70-45(49(62)57(41)14)29-38-19-17-16-18-20-38/h16-24,31-34,36-37,41-46H,25-30H2,1-15H3/t36-,37-,41+,42+,43+,44+,45-,46-/m1/s1. The molecule has 0 radical (unpaired) electrons. The number of hydrogen-bond acceptors (Lipinski definition) is 13. The van der Waals surface area contributed by atoms with Crippen LogP contribution >= 0.6 is 0 Å². The minimum atomic E-state index is -1.57. The van der Waals surface area contributed by atoms with E-state index in [-0.39, 0.29) is 68.0 Å². The minimum absolute atomic E-state index is 0.0707. The first-order valence-corrected chi connectivity index (χ1v) is 24.7. The van der Waals surface area contributed by atoms with Gasteiger partial charge in [-0.15, -0.1) is 0 Å². The van der Waals surface area contributed by atoms with E-state index in [1.165, 1.54) is 49.0 Å². The van der Waals surface area contributed by atoms with Gasteiger partial charge in [0.2, 0.25) is 0 Å². The lowest BCUT2D eigenvalue weighted by molar-refractivity contribution is -0.176. The molecule has 71 heavy (non-hydrogen) atoms. The number of amides is 4. The predicted molar refractivity (Wildman–Crippen MR) is 265 cm³/mol. The number of likely N-dealkylation sites (N-methyl/N-ethyl adjacent to an activating group) is 4. The number of ether oxygens (including phenoxy) is 4. The smallest absolute Gasteiger partial charge is 0.329 e. The second-order valence-electron chi connectivity index (χ2n) is 20.5. The highest BCUT2D eigenvalue weighted by atomic mass is 16.6. The van der Waals surface area contributed by atoms with Gasteiger partial charge < -0.3 is 38.5 Å².